The smallest absolute Gasteiger partial charge is 0.279 e. The van der Waals surface area contributed by atoms with E-state index in [0.717, 1.165) is 0 Å². The van der Waals surface area contributed by atoms with Crippen LogP contribution in [0, 0.1) is 5.92 Å². The predicted molar refractivity (Wildman–Crippen MR) is 63.2 cm³/mol. The lowest BCUT2D eigenvalue weighted by molar-refractivity contribution is 0.0622. The Labute approximate surface area is 98.0 Å². The van der Waals surface area contributed by atoms with Crippen LogP contribution in [-0.4, -0.2) is 42.6 Å². The van der Waals surface area contributed by atoms with Crippen molar-refractivity contribution in [1.29, 1.82) is 0 Å². The summed E-state index contributed by atoms with van der Waals surface area (Å²) >= 11 is 0. The molecule has 1 aliphatic rings. The van der Waals surface area contributed by atoms with Gasteiger partial charge in [0.15, 0.2) is 0 Å². The molecular formula is C10H22N2O3S. The monoisotopic (exact) mass is 250 g/mol. The van der Waals surface area contributed by atoms with Gasteiger partial charge in [0.05, 0.1) is 6.10 Å². The Morgan fingerprint density at radius 3 is 2.38 bits per heavy atom. The van der Waals surface area contributed by atoms with Crippen LogP contribution >= 0.6 is 0 Å². The van der Waals surface area contributed by atoms with Crippen LogP contribution < -0.4 is 4.72 Å². The van der Waals surface area contributed by atoms with Gasteiger partial charge < -0.3 is 5.11 Å². The molecule has 1 heterocycles. The molecule has 0 aromatic heterocycles. The summed E-state index contributed by atoms with van der Waals surface area (Å²) in [4.78, 5) is 0. The normalized spacial score (nSPS) is 29.3. The predicted octanol–water partition coefficient (Wildman–Crippen LogP) is 0.322. The van der Waals surface area contributed by atoms with E-state index in [0.29, 0.717) is 19.5 Å². The summed E-state index contributed by atoms with van der Waals surface area (Å²) in [5, 5.41) is 9.55. The molecular weight excluding hydrogens is 228 g/mol. The highest BCUT2D eigenvalue weighted by atomic mass is 32.2. The molecule has 1 rings (SSSR count). The van der Waals surface area contributed by atoms with E-state index in [1.807, 2.05) is 27.7 Å². The minimum absolute atomic E-state index is 0.00899. The van der Waals surface area contributed by atoms with Gasteiger partial charge in [-0.15, -0.1) is 0 Å². The average Bonchev–Trinajstić information content (AvgIpc) is 2.05. The summed E-state index contributed by atoms with van der Waals surface area (Å²) in [5.74, 6) is -0.00899. The van der Waals surface area contributed by atoms with Crippen LogP contribution in [-0.2, 0) is 10.2 Å². The largest absolute Gasteiger partial charge is 0.393 e. The molecule has 1 aliphatic heterocycles. The van der Waals surface area contributed by atoms with Gasteiger partial charge in [-0.2, -0.15) is 17.4 Å². The Hall–Kier alpha value is -0.170. The van der Waals surface area contributed by atoms with Crippen LogP contribution in [0.25, 0.3) is 0 Å². The molecule has 0 bridgehead atoms. The van der Waals surface area contributed by atoms with Crippen LogP contribution in [0.5, 0.6) is 0 Å². The van der Waals surface area contributed by atoms with Gasteiger partial charge in [-0.25, -0.2) is 0 Å². The third-order valence-electron chi connectivity index (χ3n) is 2.60. The Morgan fingerprint density at radius 1 is 1.38 bits per heavy atom. The zero-order chi connectivity index (χ0) is 12.6. The molecule has 2 N–H and O–H groups in total. The van der Waals surface area contributed by atoms with E-state index in [-0.39, 0.29) is 12.0 Å². The minimum Gasteiger partial charge on any atom is -0.393 e. The molecule has 0 aliphatic carbocycles. The van der Waals surface area contributed by atoms with Crippen molar-refractivity contribution < 1.29 is 13.5 Å². The summed E-state index contributed by atoms with van der Waals surface area (Å²) in [6.45, 7) is 8.07. The Balaban J connectivity index is 2.71. The zero-order valence-electron chi connectivity index (χ0n) is 10.4. The first-order valence-corrected chi connectivity index (χ1v) is 7.03. The molecule has 16 heavy (non-hydrogen) atoms. The van der Waals surface area contributed by atoms with E-state index in [2.05, 4.69) is 4.72 Å². The molecule has 96 valence electrons. The van der Waals surface area contributed by atoms with Crippen LogP contribution in [0.4, 0.5) is 0 Å². The number of aliphatic hydroxyl groups is 1. The molecule has 2 unspecified atom stereocenters. The fraction of sp³-hybridized carbons (Fsp3) is 1.00. The minimum atomic E-state index is -3.43. The molecule has 2 atom stereocenters. The Kier molecular flexibility index (Phi) is 3.99. The molecule has 0 spiro atoms. The van der Waals surface area contributed by atoms with Crippen LogP contribution in [0.1, 0.15) is 34.1 Å². The molecule has 5 nitrogen and oxygen atoms in total. The van der Waals surface area contributed by atoms with Gasteiger partial charge in [-0.1, -0.05) is 6.92 Å². The second-order valence-corrected chi connectivity index (χ2v) is 7.22. The summed E-state index contributed by atoms with van der Waals surface area (Å²) < 4.78 is 28.0. The summed E-state index contributed by atoms with van der Waals surface area (Å²) in [5.41, 5.74) is -0.474. The van der Waals surface area contributed by atoms with Crippen LogP contribution in [0.2, 0.25) is 0 Å². The van der Waals surface area contributed by atoms with Crippen molar-refractivity contribution in [2.45, 2.75) is 45.8 Å². The average molecular weight is 250 g/mol. The number of piperidine rings is 1. The Morgan fingerprint density at radius 2 is 1.94 bits per heavy atom. The van der Waals surface area contributed by atoms with E-state index in [1.54, 1.807) is 0 Å². The highest BCUT2D eigenvalue weighted by molar-refractivity contribution is 7.87. The van der Waals surface area contributed by atoms with E-state index < -0.39 is 15.7 Å². The van der Waals surface area contributed by atoms with E-state index in [9.17, 15) is 13.5 Å². The molecule has 6 heteroatoms. The highest BCUT2D eigenvalue weighted by Gasteiger charge is 2.33. The SMILES string of the molecule is CC1CN(S(=O)(=O)NC(C)(C)C)CCC1O. The number of nitrogens with zero attached hydrogens (tertiary/aromatic N) is 1. The maximum atomic E-state index is 12.0. The van der Waals surface area contributed by atoms with Crippen molar-refractivity contribution in [1.82, 2.24) is 9.03 Å². The van der Waals surface area contributed by atoms with Crippen molar-refractivity contribution in [2.75, 3.05) is 13.1 Å². The fourth-order valence-corrected chi connectivity index (χ4v) is 3.44. The molecule has 0 aromatic rings. The molecule has 1 saturated heterocycles. The van der Waals surface area contributed by atoms with Crippen LogP contribution in [0.15, 0.2) is 0 Å². The van der Waals surface area contributed by atoms with Crippen molar-refractivity contribution in [3.05, 3.63) is 0 Å². The lowest BCUT2D eigenvalue weighted by Gasteiger charge is -2.35. The van der Waals surface area contributed by atoms with Crippen molar-refractivity contribution in [3.8, 4) is 0 Å². The highest BCUT2D eigenvalue weighted by Crippen LogP contribution is 2.19. The molecule has 0 aromatic carbocycles. The number of nitrogens with one attached hydrogen (secondary N) is 1. The van der Waals surface area contributed by atoms with Crippen LogP contribution in [0.3, 0.4) is 0 Å². The lowest BCUT2D eigenvalue weighted by atomic mass is 9.99. The van der Waals surface area contributed by atoms with Gasteiger partial charge in [-0.3, -0.25) is 0 Å². The molecule has 0 amide bonds. The second kappa shape index (κ2) is 4.60. The van der Waals surface area contributed by atoms with Crippen molar-refractivity contribution in [3.63, 3.8) is 0 Å². The number of rotatable bonds is 2. The van der Waals surface area contributed by atoms with Gasteiger partial charge in [-0.05, 0) is 33.1 Å². The number of hydrogen-bond acceptors (Lipinski definition) is 3. The third-order valence-corrected chi connectivity index (χ3v) is 4.48. The van der Waals surface area contributed by atoms with E-state index >= 15 is 0 Å². The maximum absolute atomic E-state index is 12.0. The first-order valence-electron chi connectivity index (χ1n) is 5.59. The first kappa shape index (κ1) is 13.9. The molecule has 1 fully saturated rings. The van der Waals surface area contributed by atoms with Gasteiger partial charge in [0.2, 0.25) is 0 Å². The maximum Gasteiger partial charge on any atom is 0.279 e. The number of aliphatic hydroxyl groups excluding tert-OH is 1. The van der Waals surface area contributed by atoms with Gasteiger partial charge in [0.25, 0.3) is 10.2 Å². The summed E-state index contributed by atoms with van der Waals surface area (Å²) in [7, 11) is -3.43. The molecule has 0 saturated carbocycles. The quantitative estimate of drug-likeness (QED) is 0.741. The fourth-order valence-electron chi connectivity index (χ4n) is 1.76. The third kappa shape index (κ3) is 3.69. The van der Waals surface area contributed by atoms with Crippen molar-refractivity contribution in [2.24, 2.45) is 5.92 Å². The topological polar surface area (TPSA) is 69.6 Å². The van der Waals surface area contributed by atoms with E-state index in [1.165, 1.54) is 4.31 Å². The summed E-state index contributed by atoms with van der Waals surface area (Å²) in [6.07, 6.45) is 0.118. The summed E-state index contributed by atoms with van der Waals surface area (Å²) in [6, 6.07) is 0. The molecule has 0 radical (unpaired) electrons. The first-order chi connectivity index (χ1) is 7.12. The second-order valence-electron chi connectivity index (χ2n) is 5.55. The van der Waals surface area contributed by atoms with E-state index in [4.69, 9.17) is 0 Å². The van der Waals surface area contributed by atoms with Gasteiger partial charge in [0, 0.05) is 18.6 Å². The van der Waals surface area contributed by atoms with Gasteiger partial charge in [0.1, 0.15) is 0 Å². The Bertz CT molecular complexity index is 334. The standard InChI is InChI=1S/C10H22N2O3S/c1-8-7-12(6-5-9(8)13)16(14,15)11-10(2,3)4/h8-9,11,13H,5-7H2,1-4H3. The number of hydrogen-bond donors (Lipinski definition) is 2. The van der Waals surface area contributed by atoms with Gasteiger partial charge >= 0.3 is 0 Å². The zero-order valence-corrected chi connectivity index (χ0v) is 11.2. The lowest BCUT2D eigenvalue weighted by Crippen LogP contribution is -2.53. The van der Waals surface area contributed by atoms with Crippen molar-refractivity contribution >= 4 is 10.2 Å².